The fourth-order valence-electron chi connectivity index (χ4n) is 3.58. The molecule has 2 aromatic rings. The molecule has 0 saturated carbocycles. The number of piperazine rings is 1. The van der Waals surface area contributed by atoms with Crippen LogP contribution < -0.4 is 0 Å². The van der Waals surface area contributed by atoms with Crippen LogP contribution in [0.4, 0.5) is 0 Å². The molecule has 1 aromatic heterocycles. The molecule has 1 aliphatic heterocycles. The lowest BCUT2D eigenvalue weighted by Gasteiger charge is -2.34. The zero-order valence-electron chi connectivity index (χ0n) is 16.0. The van der Waals surface area contributed by atoms with E-state index in [1.807, 2.05) is 39.8 Å². The Morgan fingerprint density at radius 2 is 1.70 bits per heavy atom. The quantitative estimate of drug-likeness (QED) is 0.774. The number of amides is 1. The number of nitrogens with zero attached hydrogens (tertiary/aromatic N) is 4. The summed E-state index contributed by atoms with van der Waals surface area (Å²) in [6.45, 7) is 8.85. The molecule has 1 aromatic carbocycles. The normalized spacial score (nSPS) is 15.9. The Labute approximate surface area is 164 Å². The Morgan fingerprint density at radius 1 is 1.11 bits per heavy atom. The van der Waals surface area contributed by atoms with E-state index in [0.29, 0.717) is 35.0 Å². The molecule has 3 rings (SSSR count). The summed E-state index contributed by atoms with van der Waals surface area (Å²) in [7, 11) is -3.58. The zero-order valence-corrected chi connectivity index (χ0v) is 17.7. The molecule has 1 aliphatic rings. The van der Waals surface area contributed by atoms with Crippen molar-refractivity contribution in [3.8, 4) is 0 Å². The van der Waals surface area contributed by atoms with Crippen LogP contribution in [0.2, 0.25) is 0 Å². The van der Waals surface area contributed by atoms with Crippen LogP contribution in [0.3, 0.4) is 0 Å². The number of carbonyl (C=O) groups excluding carboxylic acids is 1. The van der Waals surface area contributed by atoms with Gasteiger partial charge in [-0.15, -0.1) is 5.10 Å². The average molecular weight is 409 g/mol. The van der Waals surface area contributed by atoms with Crippen LogP contribution in [0, 0.1) is 20.8 Å². The van der Waals surface area contributed by atoms with E-state index < -0.39 is 10.0 Å². The van der Waals surface area contributed by atoms with E-state index >= 15 is 0 Å². The summed E-state index contributed by atoms with van der Waals surface area (Å²) in [5, 5.41) is 3.99. The minimum atomic E-state index is -3.58. The van der Waals surface area contributed by atoms with Gasteiger partial charge in [0.15, 0.2) is 0 Å². The van der Waals surface area contributed by atoms with Gasteiger partial charge < -0.3 is 4.90 Å². The predicted molar refractivity (Wildman–Crippen MR) is 105 cm³/mol. The highest BCUT2D eigenvalue weighted by atomic mass is 32.2. The van der Waals surface area contributed by atoms with Gasteiger partial charge in [-0.3, -0.25) is 4.79 Å². The smallest absolute Gasteiger partial charge is 0.267 e. The van der Waals surface area contributed by atoms with E-state index in [4.69, 9.17) is 0 Å². The molecular formula is C18H24N4O3S2. The molecule has 2 heterocycles. The number of aromatic nitrogens is 2. The third kappa shape index (κ3) is 3.76. The standard InChI is InChI=1S/C18H24N4O3S2/c1-5-15-16(26-20-19-15)18(23)21-6-8-22(9-7-21)27(24,25)17-13(3)10-12(2)11-14(17)4/h10-11H,5-9H2,1-4H3. The first-order chi connectivity index (χ1) is 12.8. The van der Waals surface area contributed by atoms with Crippen LogP contribution in [0.1, 0.15) is 39.0 Å². The van der Waals surface area contributed by atoms with E-state index in [-0.39, 0.29) is 19.0 Å². The van der Waals surface area contributed by atoms with Crippen molar-refractivity contribution in [2.24, 2.45) is 0 Å². The fraction of sp³-hybridized carbons (Fsp3) is 0.500. The summed E-state index contributed by atoms with van der Waals surface area (Å²) in [4.78, 5) is 15.3. The molecule has 1 fully saturated rings. The highest BCUT2D eigenvalue weighted by Gasteiger charge is 2.33. The zero-order chi connectivity index (χ0) is 19.8. The molecule has 0 radical (unpaired) electrons. The topological polar surface area (TPSA) is 83.5 Å². The third-order valence-electron chi connectivity index (χ3n) is 4.81. The van der Waals surface area contributed by atoms with Crippen molar-refractivity contribution in [1.82, 2.24) is 18.8 Å². The molecule has 7 nitrogen and oxygen atoms in total. The SMILES string of the molecule is CCc1nnsc1C(=O)N1CCN(S(=O)(=O)c2c(C)cc(C)cc2C)CC1. The van der Waals surface area contributed by atoms with Crippen molar-refractivity contribution >= 4 is 27.5 Å². The number of hydrogen-bond donors (Lipinski definition) is 0. The molecule has 0 unspecified atom stereocenters. The highest BCUT2D eigenvalue weighted by Crippen LogP contribution is 2.26. The van der Waals surface area contributed by atoms with Crippen LogP contribution in [0.5, 0.6) is 0 Å². The second kappa shape index (κ2) is 7.65. The number of hydrogen-bond acceptors (Lipinski definition) is 6. The Hall–Kier alpha value is -1.84. The molecule has 0 spiro atoms. The maximum Gasteiger partial charge on any atom is 0.267 e. The molecule has 0 N–H and O–H groups in total. The van der Waals surface area contributed by atoms with Gasteiger partial charge in [0.2, 0.25) is 10.0 Å². The molecule has 0 atom stereocenters. The summed E-state index contributed by atoms with van der Waals surface area (Å²) in [5.74, 6) is -0.110. The average Bonchev–Trinajstić information content (AvgIpc) is 3.08. The monoisotopic (exact) mass is 408 g/mol. The van der Waals surface area contributed by atoms with Gasteiger partial charge in [-0.25, -0.2) is 8.42 Å². The first-order valence-electron chi connectivity index (χ1n) is 8.94. The largest absolute Gasteiger partial charge is 0.335 e. The second-order valence-electron chi connectivity index (χ2n) is 6.83. The lowest BCUT2D eigenvalue weighted by Crippen LogP contribution is -2.50. The lowest BCUT2D eigenvalue weighted by atomic mass is 10.1. The van der Waals surface area contributed by atoms with Crippen LogP contribution in [0.15, 0.2) is 17.0 Å². The van der Waals surface area contributed by atoms with Crippen LogP contribution in [0.25, 0.3) is 0 Å². The van der Waals surface area contributed by atoms with E-state index in [9.17, 15) is 13.2 Å². The molecule has 27 heavy (non-hydrogen) atoms. The number of aryl methyl sites for hydroxylation is 4. The van der Waals surface area contributed by atoms with Gasteiger partial charge in [0, 0.05) is 26.2 Å². The third-order valence-corrected chi connectivity index (χ3v) is 7.77. The maximum atomic E-state index is 13.2. The van der Waals surface area contributed by atoms with Gasteiger partial charge in [-0.2, -0.15) is 4.31 Å². The van der Waals surface area contributed by atoms with Gasteiger partial charge in [-0.1, -0.05) is 29.1 Å². The van der Waals surface area contributed by atoms with Crippen molar-refractivity contribution in [1.29, 1.82) is 0 Å². The van der Waals surface area contributed by atoms with Crippen molar-refractivity contribution in [3.63, 3.8) is 0 Å². The minimum Gasteiger partial charge on any atom is -0.335 e. The Bertz CT molecular complexity index is 938. The molecule has 146 valence electrons. The van der Waals surface area contributed by atoms with E-state index in [1.54, 1.807) is 4.90 Å². The molecule has 1 saturated heterocycles. The molecule has 9 heteroatoms. The second-order valence-corrected chi connectivity index (χ2v) is 9.46. The van der Waals surface area contributed by atoms with Crippen LogP contribution in [-0.2, 0) is 16.4 Å². The summed E-state index contributed by atoms with van der Waals surface area (Å²) in [5.41, 5.74) is 3.26. The predicted octanol–water partition coefficient (Wildman–Crippen LogP) is 2.17. The number of sulfonamides is 1. The van der Waals surface area contributed by atoms with Crippen molar-refractivity contribution in [2.75, 3.05) is 26.2 Å². The van der Waals surface area contributed by atoms with Gasteiger partial charge >= 0.3 is 0 Å². The van der Waals surface area contributed by atoms with E-state index in [1.165, 1.54) is 4.31 Å². The number of rotatable bonds is 4. The van der Waals surface area contributed by atoms with Crippen molar-refractivity contribution in [3.05, 3.63) is 39.4 Å². The van der Waals surface area contributed by atoms with E-state index in [0.717, 1.165) is 28.2 Å². The van der Waals surface area contributed by atoms with Crippen LogP contribution in [-0.4, -0.2) is 59.3 Å². The Kier molecular flexibility index (Phi) is 5.64. The first kappa shape index (κ1) is 19.9. The number of carbonyl (C=O) groups is 1. The van der Waals surface area contributed by atoms with Gasteiger partial charge in [-0.05, 0) is 49.9 Å². The fourth-order valence-corrected chi connectivity index (χ4v) is 6.13. The first-order valence-corrected chi connectivity index (χ1v) is 11.2. The summed E-state index contributed by atoms with van der Waals surface area (Å²) in [6, 6.07) is 3.78. The molecule has 1 amide bonds. The highest BCUT2D eigenvalue weighted by molar-refractivity contribution is 7.89. The Morgan fingerprint density at radius 3 is 2.26 bits per heavy atom. The molecular weight excluding hydrogens is 384 g/mol. The van der Waals surface area contributed by atoms with Crippen molar-refractivity contribution < 1.29 is 13.2 Å². The molecule has 0 bridgehead atoms. The van der Waals surface area contributed by atoms with Gasteiger partial charge in [0.1, 0.15) is 4.88 Å². The van der Waals surface area contributed by atoms with E-state index in [2.05, 4.69) is 9.59 Å². The van der Waals surface area contributed by atoms with Gasteiger partial charge in [0.05, 0.1) is 10.6 Å². The summed E-state index contributed by atoms with van der Waals surface area (Å²) < 4.78 is 31.6. The minimum absolute atomic E-state index is 0.110. The van der Waals surface area contributed by atoms with Gasteiger partial charge in [0.25, 0.3) is 5.91 Å². The number of benzene rings is 1. The molecule has 0 aliphatic carbocycles. The lowest BCUT2D eigenvalue weighted by molar-refractivity contribution is 0.0701. The summed E-state index contributed by atoms with van der Waals surface area (Å²) in [6.07, 6.45) is 0.651. The summed E-state index contributed by atoms with van der Waals surface area (Å²) >= 11 is 1.10. The van der Waals surface area contributed by atoms with Crippen LogP contribution >= 0.6 is 11.5 Å². The maximum absolute atomic E-state index is 13.2. The van der Waals surface area contributed by atoms with Crippen molar-refractivity contribution in [2.45, 2.75) is 39.0 Å². The Balaban J connectivity index is 1.77.